The predicted octanol–water partition coefficient (Wildman–Crippen LogP) is 2.97. The lowest BCUT2D eigenvalue weighted by Gasteiger charge is -2.45. The molecule has 0 heterocycles. The van der Waals surface area contributed by atoms with Gasteiger partial charge in [-0.25, -0.2) is 8.78 Å². The van der Waals surface area contributed by atoms with Crippen LogP contribution in [-0.2, 0) is 0 Å². The second kappa shape index (κ2) is 6.29. The van der Waals surface area contributed by atoms with Gasteiger partial charge in [-0.05, 0) is 50.1 Å². The molecule has 1 aliphatic rings. The first-order chi connectivity index (χ1) is 8.25. The SMILES string of the molecule is CN(CC(F)F)C1CC(C(C)(C)C)CCC1CN. The van der Waals surface area contributed by atoms with Crippen molar-refractivity contribution < 1.29 is 8.78 Å². The zero-order chi connectivity index (χ0) is 13.9. The number of nitrogens with two attached hydrogens (primary N) is 1. The van der Waals surface area contributed by atoms with E-state index in [0.29, 0.717) is 18.4 Å². The molecule has 3 unspecified atom stereocenters. The van der Waals surface area contributed by atoms with Gasteiger partial charge >= 0.3 is 0 Å². The summed E-state index contributed by atoms with van der Waals surface area (Å²) in [4.78, 5) is 1.82. The molecule has 0 radical (unpaired) electrons. The first-order valence-corrected chi connectivity index (χ1v) is 6.94. The highest BCUT2D eigenvalue weighted by atomic mass is 19.3. The summed E-state index contributed by atoms with van der Waals surface area (Å²) in [6.07, 6.45) is 0.971. The average molecular weight is 262 g/mol. The van der Waals surface area contributed by atoms with Gasteiger partial charge in [0.15, 0.2) is 0 Å². The monoisotopic (exact) mass is 262 g/mol. The Morgan fingerprint density at radius 1 is 1.28 bits per heavy atom. The van der Waals surface area contributed by atoms with E-state index in [-0.39, 0.29) is 18.0 Å². The maximum Gasteiger partial charge on any atom is 0.251 e. The maximum absolute atomic E-state index is 12.5. The average Bonchev–Trinajstić information content (AvgIpc) is 2.26. The van der Waals surface area contributed by atoms with E-state index in [9.17, 15) is 8.78 Å². The fraction of sp³-hybridized carbons (Fsp3) is 1.00. The molecular weight excluding hydrogens is 234 g/mol. The molecule has 1 saturated carbocycles. The summed E-state index contributed by atoms with van der Waals surface area (Å²) in [5.41, 5.74) is 6.06. The number of rotatable bonds is 4. The molecular formula is C14H28F2N2. The summed E-state index contributed by atoms with van der Waals surface area (Å²) < 4.78 is 25.1. The highest BCUT2D eigenvalue weighted by Gasteiger charge is 2.37. The van der Waals surface area contributed by atoms with Crippen LogP contribution < -0.4 is 5.73 Å². The molecule has 1 fully saturated rings. The van der Waals surface area contributed by atoms with E-state index in [1.165, 1.54) is 6.42 Å². The van der Waals surface area contributed by atoms with Crippen LogP contribution in [0.5, 0.6) is 0 Å². The highest BCUT2D eigenvalue weighted by molar-refractivity contribution is 4.90. The number of halogens is 2. The van der Waals surface area contributed by atoms with E-state index >= 15 is 0 Å². The number of hydrogen-bond donors (Lipinski definition) is 1. The van der Waals surface area contributed by atoms with Gasteiger partial charge in [-0.1, -0.05) is 20.8 Å². The van der Waals surface area contributed by atoms with Crippen molar-refractivity contribution in [3.63, 3.8) is 0 Å². The Hall–Kier alpha value is -0.220. The second-order valence-corrected chi connectivity index (χ2v) is 6.77. The van der Waals surface area contributed by atoms with Crippen molar-refractivity contribution >= 4 is 0 Å². The summed E-state index contributed by atoms with van der Waals surface area (Å²) in [7, 11) is 1.81. The van der Waals surface area contributed by atoms with Crippen LogP contribution in [0, 0.1) is 17.3 Å². The van der Waals surface area contributed by atoms with Crippen molar-refractivity contribution in [1.29, 1.82) is 0 Å². The van der Waals surface area contributed by atoms with Gasteiger partial charge in [-0.15, -0.1) is 0 Å². The fourth-order valence-corrected chi connectivity index (χ4v) is 3.16. The van der Waals surface area contributed by atoms with E-state index in [2.05, 4.69) is 20.8 Å². The Balaban J connectivity index is 2.70. The van der Waals surface area contributed by atoms with Crippen LogP contribution in [-0.4, -0.2) is 37.5 Å². The van der Waals surface area contributed by atoms with E-state index in [1.807, 2.05) is 11.9 Å². The van der Waals surface area contributed by atoms with Crippen molar-refractivity contribution in [3.05, 3.63) is 0 Å². The van der Waals surface area contributed by atoms with Crippen LogP contribution in [0.4, 0.5) is 8.78 Å². The van der Waals surface area contributed by atoms with Crippen LogP contribution >= 0.6 is 0 Å². The van der Waals surface area contributed by atoms with Gasteiger partial charge in [0.2, 0.25) is 0 Å². The van der Waals surface area contributed by atoms with Gasteiger partial charge < -0.3 is 5.73 Å². The molecule has 0 spiro atoms. The normalized spacial score (nSPS) is 30.2. The highest BCUT2D eigenvalue weighted by Crippen LogP contribution is 2.41. The topological polar surface area (TPSA) is 29.3 Å². The molecule has 1 rings (SSSR count). The first kappa shape index (κ1) is 15.8. The van der Waals surface area contributed by atoms with Crippen molar-refractivity contribution in [2.45, 2.75) is 52.5 Å². The van der Waals surface area contributed by atoms with Crippen molar-refractivity contribution in [2.24, 2.45) is 23.0 Å². The minimum atomic E-state index is -2.26. The third-order valence-corrected chi connectivity index (χ3v) is 4.48. The zero-order valence-electron chi connectivity index (χ0n) is 12.1. The Morgan fingerprint density at radius 3 is 2.33 bits per heavy atom. The molecule has 0 saturated heterocycles. The quantitative estimate of drug-likeness (QED) is 0.844. The summed E-state index contributed by atoms with van der Waals surface area (Å²) in [6, 6.07) is 0.210. The molecule has 4 heteroatoms. The standard InChI is InChI=1S/C14H28F2N2/c1-14(2,3)11-6-5-10(8-17)12(7-11)18(4)9-13(15)16/h10-13H,5-9,17H2,1-4H3. The smallest absolute Gasteiger partial charge is 0.251 e. The molecule has 0 aromatic rings. The number of nitrogens with zero attached hydrogens (tertiary/aromatic N) is 1. The third-order valence-electron chi connectivity index (χ3n) is 4.48. The Kier molecular flexibility index (Phi) is 5.53. The van der Waals surface area contributed by atoms with Crippen LogP contribution in [0.3, 0.4) is 0 Å². The van der Waals surface area contributed by atoms with Crippen LogP contribution in [0.2, 0.25) is 0 Å². The van der Waals surface area contributed by atoms with Gasteiger partial charge in [-0.2, -0.15) is 0 Å². The van der Waals surface area contributed by atoms with Crippen LogP contribution in [0.1, 0.15) is 40.0 Å². The maximum atomic E-state index is 12.5. The predicted molar refractivity (Wildman–Crippen MR) is 71.8 cm³/mol. The molecule has 0 aliphatic heterocycles. The van der Waals surface area contributed by atoms with Gasteiger partial charge in [0, 0.05) is 6.04 Å². The summed E-state index contributed by atoms with van der Waals surface area (Å²) in [5.74, 6) is 0.970. The molecule has 0 amide bonds. The van der Waals surface area contributed by atoms with E-state index in [0.717, 1.165) is 12.8 Å². The minimum absolute atomic E-state index is 0.141. The molecule has 0 aromatic heterocycles. The number of hydrogen-bond acceptors (Lipinski definition) is 2. The molecule has 2 N–H and O–H groups in total. The Labute approximate surface area is 110 Å². The molecule has 3 atom stereocenters. The van der Waals surface area contributed by atoms with E-state index < -0.39 is 6.43 Å². The van der Waals surface area contributed by atoms with Gasteiger partial charge in [0.25, 0.3) is 6.43 Å². The van der Waals surface area contributed by atoms with Gasteiger partial charge in [0.05, 0.1) is 6.54 Å². The second-order valence-electron chi connectivity index (χ2n) is 6.77. The molecule has 18 heavy (non-hydrogen) atoms. The molecule has 0 bridgehead atoms. The Bertz CT molecular complexity index is 251. The summed E-state index contributed by atoms with van der Waals surface area (Å²) in [6.45, 7) is 7.19. The lowest BCUT2D eigenvalue weighted by molar-refractivity contribution is 0.0219. The minimum Gasteiger partial charge on any atom is -0.330 e. The number of alkyl halides is 2. The van der Waals surface area contributed by atoms with E-state index in [1.54, 1.807) is 0 Å². The largest absolute Gasteiger partial charge is 0.330 e. The Morgan fingerprint density at radius 2 is 1.89 bits per heavy atom. The lowest BCUT2D eigenvalue weighted by Crippen LogP contribution is -2.48. The lowest BCUT2D eigenvalue weighted by atomic mass is 9.67. The van der Waals surface area contributed by atoms with Gasteiger partial charge in [-0.3, -0.25) is 4.90 Å². The van der Waals surface area contributed by atoms with Crippen molar-refractivity contribution in [2.75, 3.05) is 20.1 Å². The van der Waals surface area contributed by atoms with Crippen LogP contribution in [0.25, 0.3) is 0 Å². The molecule has 0 aromatic carbocycles. The van der Waals surface area contributed by atoms with Gasteiger partial charge in [0.1, 0.15) is 0 Å². The molecule has 108 valence electrons. The molecule has 2 nitrogen and oxygen atoms in total. The van der Waals surface area contributed by atoms with Crippen LogP contribution in [0.15, 0.2) is 0 Å². The van der Waals surface area contributed by atoms with Crippen molar-refractivity contribution in [1.82, 2.24) is 4.90 Å². The van der Waals surface area contributed by atoms with E-state index in [4.69, 9.17) is 5.73 Å². The third kappa shape index (κ3) is 4.16. The summed E-state index contributed by atoms with van der Waals surface area (Å²) in [5, 5.41) is 0. The summed E-state index contributed by atoms with van der Waals surface area (Å²) >= 11 is 0. The first-order valence-electron chi connectivity index (χ1n) is 6.94. The zero-order valence-corrected chi connectivity index (χ0v) is 12.1. The molecule has 1 aliphatic carbocycles. The fourth-order valence-electron chi connectivity index (χ4n) is 3.16. The van der Waals surface area contributed by atoms with Crippen molar-refractivity contribution in [3.8, 4) is 0 Å².